The minimum Gasteiger partial charge on any atom is -0.328 e. The Morgan fingerprint density at radius 2 is 1.81 bits per heavy atom. The van der Waals surface area contributed by atoms with Crippen LogP contribution < -0.4 is 10.9 Å². The molecule has 0 fully saturated rings. The van der Waals surface area contributed by atoms with E-state index in [9.17, 15) is 22.8 Å². The molecule has 1 heterocycles. The number of fused-ring (bicyclic) bond motifs is 1. The van der Waals surface area contributed by atoms with Crippen molar-refractivity contribution >= 4 is 22.5 Å². The van der Waals surface area contributed by atoms with Gasteiger partial charge in [-0.3, -0.25) is 4.79 Å². The predicted molar refractivity (Wildman–Crippen MR) is 96.1 cm³/mol. The number of para-hydroxylation sites is 1. The highest BCUT2D eigenvalue weighted by Gasteiger charge is 2.22. The van der Waals surface area contributed by atoms with Gasteiger partial charge in [0.05, 0.1) is 17.1 Å². The van der Waals surface area contributed by atoms with Gasteiger partial charge < -0.3 is 15.2 Å². The summed E-state index contributed by atoms with van der Waals surface area (Å²) < 4.78 is 41.3. The fourth-order valence-corrected chi connectivity index (χ4v) is 2.80. The first-order chi connectivity index (χ1) is 12.8. The molecule has 2 amide bonds. The Labute approximate surface area is 152 Å². The Hall–Kier alpha value is -3.29. The Bertz CT molecular complexity index is 1080. The minimum atomic E-state index is -1.25. The molecule has 0 bridgehead atoms. The summed E-state index contributed by atoms with van der Waals surface area (Å²) in [6.07, 6.45) is 1.35. The van der Waals surface area contributed by atoms with Crippen molar-refractivity contribution in [1.82, 2.24) is 9.88 Å². The van der Waals surface area contributed by atoms with E-state index in [1.54, 1.807) is 13.0 Å². The minimum absolute atomic E-state index is 0.0148. The van der Waals surface area contributed by atoms with Gasteiger partial charge in [-0.05, 0) is 36.1 Å². The van der Waals surface area contributed by atoms with E-state index < -0.39 is 40.5 Å². The molecule has 0 spiro atoms. The summed E-state index contributed by atoms with van der Waals surface area (Å²) in [7, 11) is 1.47. The van der Waals surface area contributed by atoms with E-state index in [4.69, 9.17) is 0 Å². The molecule has 0 aliphatic heterocycles. The highest BCUT2D eigenvalue weighted by Crippen LogP contribution is 2.28. The number of pyridine rings is 1. The number of hydrogen-bond donors (Lipinski definition) is 2. The first kappa shape index (κ1) is 18.5. The lowest BCUT2D eigenvalue weighted by atomic mass is 10.0. The van der Waals surface area contributed by atoms with Crippen molar-refractivity contribution in [3.8, 4) is 0 Å². The van der Waals surface area contributed by atoms with Crippen molar-refractivity contribution in [3.05, 3.63) is 76.0 Å². The zero-order valence-corrected chi connectivity index (χ0v) is 14.5. The molecule has 1 aromatic heterocycles. The van der Waals surface area contributed by atoms with Crippen molar-refractivity contribution in [3.63, 3.8) is 0 Å². The van der Waals surface area contributed by atoms with Crippen molar-refractivity contribution in [2.75, 3.05) is 12.4 Å². The SMILES string of the molecule is C[C@H](c1c[nH]c(=O)c2c(F)c(F)ccc12)N(C)C(=O)Nc1ccccc1F. The normalized spacial score (nSPS) is 12.0. The molecule has 2 N–H and O–H groups in total. The summed E-state index contributed by atoms with van der Waals surface area (Å²) in [4.78, 5) is 28.0. The van der Waals surface area contributed by atoms with E-state index >= 15 is 0 Å². The molecule has 0 unspecified atom stereocenters. The predicted octanol–water partition coefficient (Wildman–Crippen LogP) is 4.17. The number of aromatic nitrogens is 1. The van der Waals surface area contributed by atoms with Gasteiger partial charge in [-0.15, -0.1) is 0 Å². The lowest BCUT2D eigenvalue weighted by molar-refractivity contribution is 0.208. The largest absolute Gasteiger partial charge is 0.328 e. The second kappa shape index (κ2) is 7.14. The van der Waals surface area contributed by atoms with E-state index in [2.05, 4.69) is 10.3 Å². The van der Waals surface area contributed by atoms with Gasteiger partial charge in [0.1, 0.15) is 5.82 Å². The molecule has 5 nitrogen and oxygen atoms in total. The summed E-state index contributed by atoms with van der Waals surface area (Å²) in [5.74, 6) is -2.97. The van der Waals surface area contributed by atoms with Gasteiger partial charge in [0.15, 0.2) is 11.6 Å². The molecule has 8 heteroatoms. The monoisotopic (exact) mass is 375 g/mol. The molecular weight excluding hydrogens is 359 g/mol. The second-order valence-corrected chi connectivity index (χ2v) is 6.05. The maximum atomic E-state index is 14.1. The number of amides is 2. The van der Waals surface area contributed by atoms with E-state index in [0.717, 1.165) is 6.07 Å². The van der Waals surface area contributed by atoms with Crippen LogP contribution in [0.4, 0.5) is 23.7 Å². The second-order valence-electron chi connectivity index (χ2n) is 6.05. The quantitative estimate of drug-likeness (QED) is 0.722. The molecule has 140 valence electrons. The third kappa shape index (κ3) is 3.38. The number of halogens is 3. The van der Waals surface area contributed by atoms with Gasteiger partial charge in [-0.25, -0.2) is 18.0 Å². The van der Waals surface area contributed by atoms with Crippen molar-refractivity contribution in [1.29, 1.82) is 0 Å². The Kier molecular flexibility index (Phi) is 4.89. The zero-order chi connectivity index (χ0) is 19.7. The molecule has 0 aliphatic rings. The number of urea groups is 1. The fourth-order valence-electron chi connectivity index (χ4n) is 2.80. The number of rotatable bonds is 3. The Morgan fingerprint density at radius 3 is 2.52 bits per heavy atom. The van der Waals surface area contributed by atoms with Crippen LogP contribution in [0.15, 0.2) is 47.4 Å². The number of carbonyl (C=O) groups excluding carboxylic acids is 1. The zero-order valence-electron chi connectivity index (χ0n) is 14.5. The summed E-state index contributed by atoms with van der Waals surface area (Å²) in [5, 5.41) is 2.22. The number of anilines is 1. The van der Waals surface area contributed by atoms with Crippen LogP contribution in [0.3, 0.4) is 0 Å². The maximum Gasteiger partial charge on any atom is 0.322 e. The first-order valence-corrected chi connectivity index (χ1v) is 8.09. The molecular formula is C19H16F3N3O2. The highest BCUT2D eigenvalue weighted by atomic mass is 19.2. The molecule has 2 aromatic carbocycles. The topological polar surface area (TPSA) is 65.2 Å². The Morgan fingerprint density at radius 1 is 1.11 bits per heavy atom. The lowest BCUT2D eigenvalue weighted by Gasteiger charge is -2.26. The van der Waals surface area contributed by atoms with Crippen LogP contribution in [0.25, 0.3) is 10.8 Å². The number of H-pyrrole nitrogens is 1. The van der Waals surface area contributed by atoms with Crippen LogP contribution in [0.1, 0.15) is 18.5 Å². The molecule has 1 atom stereocenters. The number of benzene rings is 2. The molecule has 0 saturated heterocycles. The van der Waals surface area contributed by atoms with E-state index in [1.807, 2.05) is 0 Å². The number of nitrogens with one attached hydrogen (secondary N) is 2. The van der Waals surface area contributed by atoms with Crippen LogP contribution >= 0.6 is 0 Å². The smallest absolute Gasteiger partial charge is 0.322 e. The molecule has 3 rings (SSSR count). The van der Waals surface area contributed by atoms with Gasteiger partial charge in [0, 0.05) is 13.2 Å². The highest BCUT2D eigenvalue weighted by molar-refractivity contribution is 5.91. The molecule has 3 aromatic rings. The van der Waals surface area contributed by atoms with Gasteiger partial charge in [-0.1, -0.05) is 18.2 Å². The molecule has 0 saturated carbocycles. The van der Waals surface area contributed by atoms with Crippen LogP contribution in [-0.2, 0) is 0 Å². The van der Waals surface area contributed by atoms with Crippen LogP contribution in [0, 0.1) is 17.5 Å². The van der Waals surface area contributed by atoms with Gasteiger partial charge in [0.2, 0.25) is 0 Å². The summed E-state index contributed by atoms with van der Waals surface area (Å²) >= 11 is 0. The molecule has 0 aliphatic carbocycles. The third-order valence-electron chi connectivity index (χ3n) is 4.46. The average molecular weight is 375 g/mol. The number of aromatic amines is 1. The van der Waals surface area contributed by atoms with E-state index in [-0.39, 0.29) is 11.1 Å². The molecule has 27 heavy (non-hydrogen) atoms. The maximum absolute atomic E-state index is 14.1. The first-order valence-electron chi connectivity index (χ1n) is 8.09. The number of hydrogen-bond acceptors (Lipinski definition) is 2. The lowest BCUT2D eigenvalue weighted by Crippen LogP contribution is -2.34. The number of carbonyl (C=O) groups is 1. The summed E-state index contributed by atoms with van der Waals surface area (Å²) in [5.41, 5.74) is -0.341. The fraction of sp³-hybridized carbons (Fsp3) is 0.158. The summed E-state index contributed by atoms with van der Waals surface area (Å²) in [6.45, 7) is 1.65. The van der Waals surface area contributed by atoms with Crippen LogP contribution in [-0.4, -0.2) is 23.0 Å². The standard InChI is InChI=1S/C19H16F3N3O2/c1-10(25(2)19(27)24-15-6-4-3-5-13(15)20)12-9-23-18(26)16-11(12)7-8-14(21)17(16)22/h3-10H,1-2H3,(H,23,26)(H,24,27)/t10-/m1/s1. The van der Waals surface area contributed by atoms with Gasteiger partial charge in [0.25, 0.3) is 5.56 Å². The van der Waals surface area contributed by atoms with Crippen LogP contribution in [0.5, 0.6) is 0 Å². The van der Waals surface area contributed by atoms with E-state index in [0.29, 0.717) is 5.56 Å². The number of nitrogens with zero attached hydrogens (tertiary/aromatic N) is 1. The van der Waals surface area contributed by atoms with Crippen LogP contribution in [0.2, 0.25) is 0 Å². The summed E-state index contributed by atoms with van der Waals surface area (Å²) in [6, 6.07) is 6.69. The average Bonchev–Trinajstić information content (AvgIpc) is 2.65. The van der Waals surface area contributed by atoms with E-state index in [1.165, 1.54) is 42.4 Å². The van der Waals surface area contributed by atoms with Crippen molar-refractivity contribution in [2.24, 2.45) is 0 Å². The third-order valence-corrected chi connectivity index (χ3v) is 4.46. The van der Waals surface area contributed by atoms with Gasteiger partial charge in [-0.2, -0.15) is 0 Å². The van der Waals surface area contributed by atoms with Crippen molar-refractivity contribution < 1.29 is 18.0 Å². The Balaban J connectivity index is 1.96. The molecule has 0 radical (unpaired) electrons. The van der Waals surface area contributed by atoms with Gasteiger partial charge >= 0.3 is 6.03 Å². The van der Waals surface area contributed by atoms with Crippen molar-refractivity contribution in [2.45, 2.75) is 13.0 Å².